The first-order chi connectivity index (χ1) is 32.0. The van der Waals surface area contributed by atoms with Crippen molar-refractivity contribution in [3.63, 3.8) is 0 Å². The topological polar surface area (TPSA) is 95.9 Å². The van der Waals surface area contributed by atoms with Gasteiger partial charge in [0.2, 0.25) is 5.91 Å². The molecule has 0 radical (unpaired) electrons. The Bertz CT molecular complexity index is 1010. The summed E-state index contributed by atoms with van der Waals surface area (Å²) in [5.74, 6) is -0.0760. The highest BCUT2D eigenvalue weighted by Crippen LogP contribution is 2.17. The van der Waals surface area contributed by atoms with Crippen LogP contribution in [-0.4, -0.2) is 47.4 Å². The Morgan fingerprint density at radius 2 is 0.723 bits per heavy atom. The third-order valence-corrected chi connectivity index (χ3v) is 13.5. The Morgan fingerprint density at radius 3 is 1.09 bits per heavy atom. The van der Waals surface area contributed by atoms with Crippen LogP contribution in [0, 0.1) is 0 Å². The first-order valence-corrected chi connectivity index (χ1v) is 29.1. The van der Waals surface area contributed by atoms with Crippen LogP contribution in [0.15, 0.2) is 24.3 Å². The van der Waals surface area contributed by atoms with Gasteiger partial charge in [-0.1, -0.05) is 269 Å². The number of hydrogen-bond donors (Lipinski definition) is 3. The van der Waals surface area contributed by atoms with Crippen molar-refractivity contribution in [1.82, 2.24) is 5.32 Å². The molecule has 0 bridgehead atoms. The molecule has 3 N–H and O–H groups in total. The molecule has 0 saturated carbocycles. The van der Waals surface area contributed by atoms with Gasteiger partial charge >= 0.3 is 5.97 Å². The summed E-state index contributed by atoms with van der Waals surface area (Å²) in [5, 5.41) is 23.1. The maximum absolute atomic E-state index is 12.4. The van der Waals surface area contributed by atoms with Gasteiger partial charge in [-0.3, -0.25) is 9.59 Å². The normalized spacial score (nSPS) is 12.7. The molecule has 0 aliphatic carbocycles. The second-order valence-electron chi connectivity index (χ2n) is 20.0. The van der Waals surface area contributed by atoms with Gasteiger partial charge in [-0.15, -0.1) is 0 Å². The van der Waals surface area contributed by atoms with E-state index in [-0.39, 0.29) is 18.5 Å². The van der Waals surface area contributed by atoms with Gasteiger partial charge < -0.3 is 20.3 Å². The number of aliphatic hydroxyl groups is 2. The van der Waals surface area contributed by atoms with Crippen LogP contribution >= 0.6 is 0 Å². The minimum Gasteiger partial charge on any atom is -0.466 e. The van der Waals surface area contributed by atoms with Gasteiger partial charge in [-0.25, -0.2) is 0 Å². The quantitative estimate of drug-likeness (QED) is 0.0321. The molecule has 0 aromatic rings. The van der Waals surface area contributed by atoms with Crippen molar-refractivity contribution < 1.29 is 24.5 Å². The molecule has 384 valence electrons. The van der Waals surface area contributed by atoms with Gasteiger partial charge in [0, 0.05) is 12.8 Å². The minimum atomic E-state index is -0.852. The van der Waals surface area contributed by atoms with Gasteiger partial charge in [-0.2, -0.15) is 0 Å². The summed E-state index contributed by atoms with van der Waals surface area (Å²) in [7, 11) is 0. The molecule has 0 heterocycles. The first kappa shape index (κ1) is 63.3. The Labute approximate surface area is 405 Å². The third kappa shape index (κ3) is 51.6. The molecule has 0 saturated heterocycles. The van der Waals surface area contributed by atoms with E-state index < -0.39 is 12.1 Å². The Morgan fingerprint density at radius 1 is 0.415 bits per heavy atom. The summed E-state index contributed by atoms with van der Waals surface area (Å²) in [6.07, 6.45) is 66.3. The monoisotopic (exact) mass is 916 g/mol. The lowest BCUT2D eigenvalue weighted by Crippen LogP contribution is -2.45. The number of rotatable bonds is 54. The number of esters is 1. The summed E-state index contributed by atoms with van der Waals surface area (Å²) in [4.78, 5) is 24.5. The van der Waals surface area contributed by atoms with Gasteiger partial charge in [0.05, 0.1) is 25.4 Å². The Kier molecular flexibility index (Phi) is 53.5. The Hall–Kier alpha value is -1.66. The molecule has 0 rings (SSSR count). The lowest BCUT2D eigenvalue weighted by atomic mass is 10.0. The standard InChI is InChI=1S/C59H113NO5/c1-3-5-7-9-11-13-15-17-23-27-31-35-39-43-47-51-57(62)56(55-61)60-58(63)52-48-44-40-36-32-28-25-21-19-20-22-26-30-34-38-42-46-50-54-65-59(64)53-49-45-41-37-33-29-24-18-16-14-12-10-8-6-4-2/h21,25,47,51,56-57,61-62H,3-20,22-24,26-46,48-50,52-55H2,1-2H3,(H,60,63)/b25-21-,51-47+. The molecule has 0 aromatic heterocycles. The van der Waals surface area contributed by atoms with Crippen molar-refractivity contribution in [3.05, 3.63) is 24.3 Å². The molecule has 1 amide bonds. The fourth-order valence-corrected chi connectivity index (χ4v) is 8.98. The number of unbranched alkanes of at least 4 members (excludes halogenated alkanes) is 41. The maximum atomic E-state index is 12.4. The number of amides is 1. The van der Waals surface area contributed by atoms with Crippen molar-refractivity contribution in [2.75, 3.05) is 13.2 Å². The molecule has 0 aromatic carbocycles. The van der Waals surface area contributed by atoms with Gasteiger partial charge in [0.1, 0.15) is 0 Å². The summed E-state index contributed by atoms with van der Waals surface area (Å²) >= 11 is 0. The van der Waals surface area contributed by atoms with E-state index in [1.807, 2.05) is 6.08 Å². The smallest absolute Gasteiger partial charge is 0.305 e. The second kappa shape index (κ2) is 54.9. The summed E-state index contributed by atoms with van der Waals surface area (Å²) < 4.78 is 5.48. The van der Waals surface area contributed by atoms with Crippen molar-refractivity contribution in [1.29, 1.82) is 0 Å². The number of allylic oxidation sites excluding steroid dienone is 3. The largest absolute Gasteiger partial charge is 0.466 e. The lowest BCUT2D eigenvalue weighted by Gasteiger charge is -2.20. The zero-order valence-electron chi connectivity index (χ0n) is 43.7. The van der Waals surface area contributed by atoms with Gasteiger partial charge in [0.15, 0.2) is 0 Å². The van der Waals surface area contributed by atoms with E-state index in [0.717, 1.165) is 57.8 Å². The molecule has 2 atom stereocenters. The van der Waals surface area contributed by atoms with Gasteiger partial charge in [-0.05, 0) is 57.8 Å². The minimum absolute atomic E-state index is 0.00512. The average Bonchev–Trinajstić information content (AvgIpc) is 3.31. The number of aliphatic hydroxyl groups excluding tert-OH is 2. The van der Waals surface area contributed by atoms with Crippen LogP contribution in [0.25, 0.3) is 0 Å². The predicted octanol–water partition coefficient (Wildman–Crippen LogP) is 17.9. The third-order valence-electron chi connectivity index (χ3n) is 13.5. The van der Waals surface area contributed by atoms with E-state index in [4.69, 9.17) is 4.74 Å². The fourth-order valence-electron chi connectivity index (χ4n) is 8.98. The average molecular weight is 917 g/mol. The van der Waals surface area contributed by atoms with Crippen molar-refractivity contribution in [2.24, 2.45) is 0 Å². The zero-order valence-corrected chi connectivity index (χ0v) is 43.7. The number of nitrogens with one attached hydrogen (secondary N) is 1. The van der Waals surface area contributed by atoms with E-state index in [2.05, 4.69) is 31.3 Å². The van der Waals surface area contributed by atoms with E-state index >= 15 is 0 Å². The maximum Gasteiger partial charge on any atom is 0.305 e. The van der Waals surface area contributed by atoms with E-state index in [1.165, 1.54) is 231 Å². The molecule has 6 heteroatoms. The highest BCUT2D eigenvalue weighted by atomic mass is 16.5. The molecule has 0 aliphatic heterocycles. The molecule has 0 fully saturated rings. The highest BCUT2D eigenvalue weighted by molar-refractivity contribution is 5.76. The van der Waals surface area contributed by atoms with Crippen molar-refractivity contribution >= 4 is 11.9 Å². The summed E-state index contributed by atoms with van der Waals surface area (Å²) in [6, 6.07) is -0.637. The summed E-state index contributed by atoms with van der Waals surface area (Å²) in [5.41, 5.74) is 0. The lowest BCUT2D eigenvalue weighted by molar-refractivity contribution is -0.143. The Balaban J connectivity index is 3.46. The molecule has 0 aliphatic rings. The van der Waals surface area contributed by atoms with Gasteiger partial charge in [0.25, 0.3) is 0 Å². The number of carbonyl (C=O) groups is 2. The zero-order chi connectivity index (χ0) is 47.2. The first-order valence-electron chi connectivity index (χ1n) is 29.1. The van der Waals surface area contributed by atoms with Crippen LogP contribution in [0.4, 0.5) is 0 Å². The van der Waals surface area contributed by atoms with Crippen LogP contribution in [0.1, 0.15) is 316 Å². The molecular formula is C59H113NO5. The molecule has 6 nitrogen and oxygen atoms in total. The fraction of sp³-hybridized carbons (Fsp3) is 0.898. The van der Waals surface area contributed by atoms with Crippen molar-refractivity contribution in [2.45, 2.75) is 328 Å². The highest BCUT2D eigenvalue weighted by Gasteiger charge is 2.18. The molecular weight excluding hydrogens is 803 g/mol. The number of carbonyl (C=O) groups excluding carboxylic acids is 2. The molecule has 0 spiro atoms. The van der Waals surface area contributed by atoms with Crippen LogP contribution in [0.3, 0.4) is 0 Å². The van der Waals surface area contributed by atoms with E-state index in [1.54, 1.807) is 6.08 Å². The van der Waals surface area contributed by atoms with Crippen LogP contribution in [0.2, 0.25) is 0 Å². The van der Waals surface area contributed by atoms with Crippen molar-refractivity contribution in [3.8, 4) is 0 Å². The number of hydrogen-bond acceptors (Lipinski definition) is 5. The summed E-state index contributed by atoms with van der Waals surface area (Å²) in [6.45, 7) is 4.90. The number of ether oxygens (including phenoxy) is 1. The molecule has 2 unspecified atom stereocenters. The van der Waals surface area contributed by atoms with E-state index in [9.17, 15) is 19.8 Å². The van der Waals surface area contributed by atoms with E-state index in [0.29, 0.717) is 19.4 Å². The molecule has 65 heavy (non-hydrogen) atoms. The van der Waals surface area contributed by atoms with Crippen LogP contribution < -0.4 is 5.32 Å². The second-order valence-corrected chi connectivity index (χ2v) is 20.0. The SMILES string of the molecule is CCCCCCCCCCCCCCC/C=C/C(O)C(CO)NC(=O)CCCCCCC/C=C\CCCCCCCCCCCOC(=O)CCCCCCCCCCCCCCCCC. The van der Waals surface area contributed by atoms with Crippen LogP contribution in [0.5, 0.6) is 0 Å². The van der Waals surface area contributed by atoms with Crippen LogP contribution in [-0.2, 0) is 14.3 Å². The predicted molar refractivity (Wildman–Crippen MR) is 283 cm³/mol.